The number of likely N-dealkylation sites (tertiary alicyclic amines) is 1. The summed E-state index contributed by atoms with van der Waals surface area (Å²) in [5.74, 6) is 0.617. The fraction of sp³-hybridized carbons (Fsp3) is 0.381. The number of benzene rings is 2. The van der Waals surface area contributed by atoms with Crippen LogP contribution in [0, 0.1) is 6.92 Å². The van der Waals surface area contributed by atoms with E-state index >= 15 is 0 Å². The molecule has 0 unspecified atom stereocenters. The Kier molecular flexibility index (Phi) is 6.07. The molecule has 1 aliphatic heterocycles. The van der Waals surface area contributed by atoms with Crippen molar-refractivity contribution >= 4 is 5.91 Å². The zero-order valence-electron chi connectivity index (χ0n) is 14.8. The minimum Gasteiger partial charge on any atom is -0.484 e. The van der Waals surface area contributed by atoms with Crippen molar-refractivity contribution in [2.45, 2.75) is 32.9 Å². The van der Waals surface area contributed by atoms with Crippen LogP contribution in [0.3, 0.4) is 0 Å². The van der Waals surface area contributed by atoms with E-state index in [2.05, 4.69) is 28.4 Å². The van der Waals surface area contributed by atoms with Crippen molar-refractivity contribution in [3.05, 3.63) is 65.2 Å². The van der Waals surface area contributed by atoms with E-state index in [1.54, 1.807) is 0 Å². The number of hydrogen-bond acceptors (Lipinski definition) is 3. The van der Waals surface area contributed by atoms with Crippen LogP contribution in [-0.4, -0.2) is 30.5 Å². The van der Waals surface area contributed by atoms with Gasteiger partial charge < -0.3 is 10.1 Å². The van der Waals surface area contributed by atoms with Crippen molar-refractivity contribution in [2.24, 2.45) is 0 Å². The predicted octanol–water partition coefficient (Wildman–Crippen LogP) is 3.29. The number of nitrogens with zero attached hydrogens (tertiary/aromatic N) is 1. The first-order valence-electron chi connectivity index (χ1n) is 8.96. The Morgan fingerprint density at radius 2 is 1.72 bits per heavy atom. The summed E-state index contributed by atoms with van der Waals surface area (Å²) in [5.41, 5.74) is 3.65. The van der Waals surface area contributed by atoms with Crippen LogP contribution < -0.4 is 10.1 Å². The molecule has 25 heavy (non-hydrogen) atoms. The van der Waals surface area contributed by atoms with Gasteiger partial charge in [0.05, 0.1) is 0 Å². The first-order chi connectivity index (χ1) is 12.2. The third-order valence-corrected chi connectivity index (χ3v) is 4.58. The molecule has 1 heterocycles. The number of aryl methyl sites for hydroxylation is 1. The first-order valence-corrected chi connectivity index (χ1v) is 8.96. The molecule has 2 aromatic carbocycles. The van der Waals surface area contributed by atoms with Crippen LogP contribution in [0.1, 0.15) is 29.5 Å². The van der Waals surface area contributed by atoms with Gasteiger partial charge in [0.15, 0.2) is 6.61 Å². The summed E-state index contributed by atoms with van der Waals surface area (Å²) in [6, 6.07) is 16.1. The maximum absolute atomic E-state index is 12.1. The number of rotatable bonds is 7. The minimum atomic E-state index is -0.100. The average Bonchev–Trinajstić information content (AvgIpc) is 3.13. The highest BCUT2D eigenvalue weighted by atomic mass is 16.5. The predicted molar refractivity (Wildman–Crippen MR) is 99.5 cm³/mol. The molecule has 1 saturated heterocycles. The van der Waals surface area contributed by atoms with Crippen molar-refractivity contribution in [3.8, 4) is 5.75 Å². The van der Waals surface area contributed by atoms with Crippen LogP contribution in [0.2, 0.25) is 0 Å². The van der Waals surface area contributed by atoms with E-state index in [-0.39, 0.29) is 12.5 Å². The monoisotopic (exact) mass is 338 g/mol. The number of amides is 1. The Balaban J connectivity index is 1.49. The molecule has 0 bridgehead atoms. The van der Waals surface area contributed by atoms with Gasteiger partial charge in [0.2, 0.25) is 0 Å². The fourth-order valence-electron chi connectivity index (χ4n) is 3.09. The van der Waals surface area contributed by atoms with Gasteiger partial charge in [-0.15, -0.1) is 0 Å². The van der Waals surface area contributed by atoms with Crippen LogP contribution >= 0.6 is 0 Å². The molecule has 0 spiro atoms. The molecule has 0 radical (unpaired) electrons. The molecule has 3 rings (SSSR count). The smallest absolute Gasteiger partial charge is 0.258 e. The topological polar surface area (TPSA) is 41.6 Å². The summed E-state index contributed by atoms with van der Waals surface area (Å²) in [6.45, 7) is 5.91. The molecular weight excluding hydrogens is 312 g/mol. The molecule has 0 aliphatic carbocycles. The highest BCUT2D eigenvalue weighted by Gasteiger charge is 2.13. The molecule has 4 nitrogen and oxygen atoms in total. The Morgan fingerprint density at radius 3 is 2.44 bits per heavy atom. The molecular formula is C21H26N2O2. The molecule has 132 valence electrons. The average molecular weight is 338 g/mol. The molecule has 0 atom stereocenters. The zero-order chi connectivity index (χ0) is 17.5. The lowest BCUT2D eigenvalue weighted by Gasteiger charge is -2.17. The second-order valence-corrected chi connectivity index (χ2v) is 6.63. The highest BCUT2D eigenvalue weighted by molar-refractivity contribution is 5.77. The number of carbonyl (C=O) groups is 1. The van der Waals surface area contributed by atoms with Gasteiger partial charge in [-0.1, -0.05) is 42.0 Å². The SMILES string of the molecule is Cc1ccc(OCC(=O)NCc2ccccc2CN2CCCC2)cc1. The molecule has 0 aromatic heterocycles. The quantitative estimate of drug-likeness (QED) is 0.842. The minimum absolute atomic E-state index is 0.0390. The van der Waals surface area contributed by atoms with Crippen molar-refractivity contribution < 1.29 is 9.53 Å². The van der Waals surface area contributed by atoms with E-state index in [4.69, 9.17) is 4.74 Å². The molecule has 1 N–H and O–H groups in total. The van der Waals surface area contributed by atoms with Crippen LogP contribution in [0.15, 0.2) is 48.5 Å². The number of hydrogen-bond donors (Lipinski definition) is 1. The van der Waals surface area contributed by atoms with Crippen LogP contribution in [0.5, 0.6) is 5.75 Å². The highest BCUT2D eigenvalue weighted by Crippen LogP contribution is 2.16. The molecule has 4 heteroatoms. The van der Waals surface area contributed by atoms with Crippen molar-refractivity contribution in [1.29, 1.82) is 0 Å². The maximum Gasteiger partial charge on any atom is 0.258 e. The van der Waals surface area contributed by atoms with Crippen molar-refractivity contribution in [3.63, 3.8) is 0 Å². The van der Waals surface area contributed by atoms with Gasteiger partial charge in [0, 0.05) is 13.1 Å². The van der Waals surface area contributed by atoms with Gasteiger partial charge in [0.1, 0.15) is 5.75 Å². The fourth-order valence-corrected chi connectivity index (χ4v) is 3.09. The summed E-state index contributed by atoms with van der Waals surface area (Å²) in [4.78, 5) is 14.5. The standard InChI is InChI=1S/C21H26N2O2/c1-17-8-10-20(11-9-17)25-16-21(24)22-14-18-6-2-3-7-19(18)15-23-12-4-5-13-23/h2-3,6-11H,4-5,12-16H2,1H3,(H,22,24). The summed E-state index contributed by atoms with van der Waals surface area (Å²) < 4.78 is 5.53. The van der Waals surface area contributed by atoms with Crippen LogP contribution in [0.4, 0.5) is 0 Å². The Morgan fingerprint density at radius 1 is 1.04 bits per heavy atom. The summed E-state index contributed by atoms with van der Waals surface area (Å²) in [6.07, 6.45) is 2.57. The van der Waals surface area contributed by atoms with E-state index in [9.17, 15) is 4.79 Å². The molecule has 1 fully saturated rings. The third kappa shape index (κ3) is 5.33. The van der Waals surface area contributed by atoms with Gasteiger partial charge in [0.25, 0.3) is 5.91 Å². The molecule has 0 saturated carbocycles. The van der Waals surface area contributed by atoms with Gasteiger partial charge in [-0.3, -0.25) is 9.69 Å². The van der Waals surface area contributed by atoms with Gasteiger partial charge in [-0.25, -0.2) is 0 Å². The Hall–Kier alpha value is -2.33. The zero-order valence-corrected chi connectivity index (χ0v) is 14.8. The van der Waals surface area contributed by atoms with Crippen molar-refractivity contribution in [2.75, 3.05) is 19.7 Å². The number of carbonyl (C=O) groups excluding carboxylic acids is 1. The van der Waals surface area contributed by atoms with Gasteiger partial charge >= 0.3 is 0 Å². The van der Waals surface area contributed by atoms with Crippen LogP contribution in [-0.2, 0) is 17.9 Å². The lowest BCUT2D eigenvalue weighted by molar-refractivity contribution is -0.123. The molecule has 1 amide bonds. The largest absolute Gasteiger partial charge is 0.484 e. The second-order valence-electron chi connectivity index (χ2n) is 6.63. The summed E-state index contributed by atoms with van der Waals surface area (Å²) in [5, 5.41) is 2.96. The van der Waals surface area contributed by atoms with E-state index in [1.807, 2.05) is 37.3 Å². The molecule has 2 aromatic rings. The van der Waals surface area contributed by atoms with E-state index in [1.165, 1.54) is 42.6 Å². The molecule has 1 aliphatic rings. The summed E-state index contributed by atoms with van der Waals surface area (Å²) in [7, 11) is 0. The van der Waals surface area contributed by atoms with E-state index in [0.29, 0.717) is 6.54 Å². The van der Waals surface area contributed by atoms with E-state index in [0.717, 1.165) is 12.3 Å². The maximum atomic E-state index is 12.1. The number of ether oxygens (including phenoxy) is 1. The normalized spacial score (nSPS) is 14.4. The first kappa shape index (κ1) is 17.5. The van der Waals surface area contributed by atoms with Gasteiger partial charge in [-0.2, -0.15) is 0 Å². The van der Waals surface area contributed by atoms with E-state index < -0.39 is 0 Å². The second kappa shape index (κ2) is 8.67. The Labute approximate surface area is 149 Å². The van der Waals surface area contributed by atoms with Crippen LogP contribution in [0.25, 0.3) is 0 Å². The third-order valence-electron chi connectivity index (χ3n) is 4.58. The van der Waals surface area contributed by atoms with Gasteiger partial charge in [-0.05, 0) is 56.1 Å². The lowest BCUT2D eigenvalue weighted by Crippen LogP contribution is -2.29. The number of nitrogens with one attached hydrogen (secondary N) is 1. The summed E-state index contributed by atoms with van der Waals surface area (Å²) >= 11 is 0. The Bertz CT molecular complexity index is 691. The lowest BCUT2D eigenvalue weighted by atomic mass is 10.1. The van der Waals surface area contributed by atoms with Crippen molar-refractivity contribution in [1.82, 2.24) is 10.2 Å².